The van der Waals surface area contributed by atoms with E-state index in [9.17, 15) is 21.6 Å². The number of benzene rings is 1. The van der Waals surface area contributed by atoms with Crippen LogP contribution >= 0.6 is 28.3 Å². The van der Waals surface area contributed by atoms with Gasteiger partial charge in [0.15, 0.2) is 0 Å². The Bertz CT molecular complexity index is 693. The molecule has 1 aliphatic rings. The van der Waals surface area contributed by atoms with Gasteiger partial charge >= 0.3 is 6.18 Å². The smallest absolute Gasteiger partial charge is 0.313 e. The molecule has 0 aliphatic carbocycles. The fourth-order valence-corrected chi connectivity index (χ4v) is 3.66. The fraction of sp³-hybridized carbons (Fsp3) is 0.385. The predicted molar refractivity (Wildman–Crippen MR) is 87.2 cm³/mol. The average Bonchev–Trinajstić information content (AvgIpc) is 2.45. The molecular formula is C13H15BrClF3N2O2S. The summed E-state index contributed by atoms with van der Waals surface area (Å²) >= 11 is 2.93. The molecule has 2 N–H and O–H groups in total. The first-order chi connectivity index (χ1) is 10.2. The molecule has 1 aromatic carbocycles. The van der Waals surface area contributed by atoms with Crippen LogP contribution in [0.2, 0.25) is 0 Å². The molecule has 23 heavy (non-hydrogen) atoms. The molecule has 0 saturated heterocycles. The third-order valence-electron chi connectivity index (χ3n) is 3.18. The van der Waals surface area contributed by atoms with E-state index in [1.54, 1.807) is 0 Å². The molecule has 0 radical (unpaired) electrons. The van der Waals surface area contributed by atoms with Gasteiger partial charge in [0.2, 0.25) is 10.0 Å². The van der Waals surface area contributed by atoms with Crippen LogP contribution in [0.5, 0.6) is 0 Å². The lowest BCUT2D eigenvalue weighted by atomic mass is 10.1. The van der Waals surface area contributed by atoms with Crippen molar-refractivity contribution < 1.29 is 21.6 Å². The van der Waals surface area contributed by atoms with E-state index in [1.165, 1.54) is 6.07 Å². The zero-order valence-electron chi connectivity index (χ0n) is 11.8. The van der Waals surface area contributed by atoms with Gasteiger partial charge in [0.05, 0.1) is 10.5 Å². The molecule has 0 bridgehead atoms. The molecule has 0 atom stereocenters. The maximum absolute atomic E-state index is 13.0. The van der Waals surface area contributed by atoms with E-state index in [2.05, 4.69) is 26.0 Å². The van der Waals surface area contributed by atoms with Crippen molar-refractivity contribution in [3.8, 4) is 0 Å². The summed E-state index contributed by atoms with van der Waals surface area (Å²) in [6.07, 6.45) is -2.25. The summed E-state index contributed by atoms with van der Waals surface area (Å²) in [5.74, 6) is 0. The van der Waals surface area contributed by atoms with Crippen molar-refractivity contribution in [3.63, 3.8) is 0 Å². The summed E-state index contributed by atoms with van der Waals surface area (Å²) in [4.78, 5) is -0.766. The summed E-state index contributed by atoms with van der Waals surface area (Å²) in [5, 5.41) is 3.07. The van der Waals surface area contributed by atoms with Gasteiger partial charge in [-0.2, -0.15) is 13.2 Å². The van der Waals surface area contributed by atoms with E-state index in [0.29, 0.717) is 13.0 Å². The van der Waals surface area contributed by atoms with Crippen molar-refractivity contribution in [3.05, 3.63) is 39.9 Å². The molecule has 4 nitrogen and oxygen atoms in total. The Morgan fingerprint density at radius 2 is 2.00 bits per heavy atom. The summed E-state index contributed by atoms with van der Waals surface area (Å²) in [5.41, 5.74) is -0.332. The van der Waals surface area contributed by atoms with Gasteiger partial charge in [-0.15, -0.1) is 12.4 Å². The molecule has 0 spiro atoms. The fourth-order valence-electron chi connectivity index (χ4n) is 2.05. The minimum atomic E-state index is -4.75. The third kappa shape index (κ3) is 5.46. The Morgan fingerprint density at radius 1 is 1.30 bits per heavy atom. The second-order valence-electron chi connectivity index (χ2n) is 4.78. The van der Waals surface area contributed by atoms with Crippen LogP contribution in [0.4, 0.5) is 13.2 Å². The first-order valence-electron chi connectivity index (χ1n) is 6.45. The number of halogens is 5. The molecule has 2 rings (SSSR count). The van der Waals surface area contributed by atoms with E-state index in [4.69, 9.17) is 0 Å². The third-order valence-corrected chi connectivity index (χ3v) is 5.14. The Balaban J connectivity index is 0.00000264. The largest absolute Gasteiger partial charge is 0.417 e. The zero-order valence-corrected chi connectivity index (χ0v) is 15.0. The summed E-state index contributed by atoms with van der Waals surface area (Å²) in [7, 11) is -4.24. The van der Waals surface area contributed by atoms with E-state index in [1.807, 2.05) is 6.08 Å². The topological polar surface area (TPSA) is 58.2 Å². The van der Waals surface area contributed by atoms with Crippen molar-refractivity contribution in [2.24, 2.45) is 0 Å². The molecular weight excluding hydrogens is 421 g/mol. The first-order valence-corrected chi connectivity index (χ1v) is 8.73. The van der Waals surface area contributed by atoms with Crippen molar-refractivity contribution >= 4 is 38.4 Å². The number of rotatable bonds is 4. The number of hydrogen-bond acceptors (Lipinski definition) is 3. The summed E-state index contributed by atoms with van der Waals surface area (Å²) < 4.78 is 65.8. The molecule has 1 aliphatic heterocycles. The minimum Gasteiger partial charge on any atom is -0.313 e. The summed E-state index contributed by atoms with van der Waals surface area (Å²) in [6.45, 7) is 1.36. The van der Waals surface area contributed by atoms with Gasteiger partial charge in [-0.1, -0.05) is 27.6 Å². The number of alkyl halides is 3. The van der Waals surface area contributed by atoms with Crippen molar-refractivity contribution in [1.82, 2.24) is 10.0 Å². The molecule has 1 heterocycles. The van der Waals surface area contributed by atoms with Crippen molar-refractivity contribution in [1.29, 1.82) is 0 Å². The molecule has 1 aromatic rings. The van der Waals surface area contributed by atoms with E-state index < -0.39 is 26.7 Å². The number of nitrogens with one attached hydrogen (secondary N) is 2. The summed E-state index contributed by atoms with van der Waals surface area (Å²) in [6, 6.07) is 2.98. The van der Waals surface area contributed by atoms with Crippen LogP contribution in [0, 0.1) is 0 Å². The van der Waals surface area contributed by atoms with E-state index >= 15 is 0 Å². The quantitative estimate of drug-likeness (QED) is 0.715. The lowest BCUT2D eigenvalue weighted by molar-refractivity contribution is -0.139. The van der Waals surface area contributed by atoms with Gasteiger partial charge in [-0.3, -0.25) is 0 Å². The molecule has 0 aromatic heterocycles. The van der Waals surface area contributed by atoms with Gasteiger partial charge < -0.3 is 5.32 Å². The van der Waals surface area contributed by atoms with Crippen LogP contribution in [0.25, 0.3) is 0 Å². The van der Waals surface area contributed by atoms with Gasteiger partial charge in [0, 0.05) is 17.6 Å². The van der Waals surface area contributed by atoms with Crippen molar-refractivity contribution in [2.75, 3.05) is 19.6 Å². The van der Waals surface area contributed by atoms with Gasteiger partial charge in [0.1, 0.15) is 0 Å². The SMILES string of the molecule is Cl.O=S(=O)(NCC1=CCNCC1)c1ccc(Br)cc1C(F)(F)F. The van der Waals surface area contributed by atoms with Crippen LogP contribution in [-0.2, 0) is 16.2 Å². The Morgan fingerprint density at radius 3 is 2.57 bits per heavy atom. The Hall–Kier alpha value is -0.610. The highest BCUT2D eigenvalue weighted by Gasteiger charge is 2.37. The highest BCUT2D eigenvalue weighted by atomic mass is 79.9. The second kappa shape index (κ2) is 7.98. The Labute approximate surface area is 147 Å². The maximum atomic E-state index is 13.0. The van der Waals surface area contributed by atoms with Gasteiger partial charge in [-0.25, -0.2) is 13.1 Å². The van der Waals surface area contributed by atoms with Crippen molar-refractivity contribution in [2.45, 2.75) is 17.5 Å². The highest BCUT2D eigenvalue weighted by Crippen LogP contribution is 2.35. The first kappa shape index (κ1) is 20.4. The highest BCUT2D eigenvalue weighted by molar-refractivity contribution is 9.10. The lowest BCUT2D eigenvalue weighted by Gasteiger charge is -2.17. The molecule has 10 heteroatoms. The Kier molecular flexibility index (Phi) is 7.09. The van der Waals surface area contributed by atoms with Crippen LogP contribution in [-0.4, -0.2) is 28.1 Å². The van der Waals surface area contributed by atoms with Crippen LogP contribution < -0.4 is 10.0 Å². The standard InChI is InChI=1S/C13H14BrF3N2O2S.ClH/c14-10-1-2-12(11(7-10)13(15,16)17)22(20,21)19-8-9-3-5-18-6-4-9;/h1-3,7,18-19H,4-6,8H2;1H. The van der Waals surface area contributed by atoms with Crippen LogP contribution in [0.1, 0.15) is 12.0 Å². The second-order valence-corrected chi connectivity index (χ2v) is 7.43. The predicted octanol–water partition coefficient (Wildman–Crippen LogP) is 3.09. The maximum Gasteiger partial charge on any atom is 0.417 e. The van der Waals surface area contributed by atoms with Gasteiger partial charge in [0.25, 0.3) is 0 Å². The number of hydrogen-bond donors (Lipinski definition) is 2. The van der Waals surface area contributed by atoms with Crippen LogP contribution in [0.3, 0.4) is 0 Å². The average molecular weight is 436 g/mol. The zero-order chi connectivity index (χ0) is 16.4. The lowest BCUT2D eigenvalue weighted by Crippen LogP contribution is -2.31. The monoisotopic (exact) mass is 434 g/mol. The number of sulfonamides is 1. The van der Waals surface area contributed by atoms with E-state index in [-0.39, 0.29) is 23.4 Å². The van der Waals surface area contributed by atoms with Gasteiger partial charge in [-0.05, 0) is 31.2 Å². The normalized spacial score (nSPS) is 15.7. The van der Waals surface area contributed by atoms with E-state index in [0.717, 1.165) is 24.3 Å². The molecule has 0 saturated carbocycles. The minimum absolute atomic E-state index is 0. The molecule has 130 valence electrons. The van der Waals surface area contributed by atoms with Crippen LogP contribution in [0.15, 0.2) is 39.2 Å². The molecule has 0 amide bonds. The molecule has 0 unspecified atom stereocenters. The molecule has 0 fully saturated rings.